The van der Waals surface area contributed by atoms with E-state index in [4.69, 9.17) is 4.74 Å². The highest BCUT2D eigenvalue weighted by Gasteiger charge is 2.27. The maximum Gasteiger partial charge on any atom is 0.259 e. The number of aryl methyl sites for hydroxylation is 1. The number of fused-ring (bicyclic) bond motifs is 1. The summed E-state index contributed by atoms with van der Waals surface area (Å²) in [6.45, 7) is 4.26. The number of nitrogens with one attached hydrogen (secondary N) is 1. The van der Waals surface area contributed by atoms with E-state index in [2.05, 4.69) is 17.2 Å². The zero-order chi connectivity index (χ0) is 19.1. The molecule has 2 N–H and O–H groups in total. The molecule has 6 heteroatoms. The lowest BCUT2D eigenvalue weighted by Crippen LogP contribution is -2.36. The molecule has 0 bridgehead atoms. The fourth-order valence-corrected chi connectivity index (χ4v) is 3.27. The highest BCUT2D eigenvalue weighted by molar-refractivity contribution is 6.07. The van der Waals surface area contributed by atoms with Gasteiger partial charge in [-0.15, -0.1) is 0 Å². The Morgan fingerprint density at radius 2 is 2.26 bits per heavy atom. The fraction of sp³-hybridized carbons (Fsp3) is 0.429. The van der Waals surface area contributed by atoms with Crippen LogP contribution in [-0.2, 0) is 6.42 Å². The van der Waals surface area contributed by atoms with Gasteiger partial charge in [0.1, 0.15) is 18.5 Å². The Morgan fingerprint density at radius 1 is 1.37 bits per heavy atom. The monoisotopic (exact) mass is 369 g/mol. The van der Waals surface area contributed by atoms with E-state index in [9.17, 15) is 9.90 Å². The molecule has 0 radical (unpaired) electrons. The summed E-state index contributed by atoms with van der Waals surface area (Å²) in [4.78, 5) is 18.8. The van der Waals surface area contributed by atoms with Crippen LogP contribution in [-0.4, -0.2) is 48.3 Å². The molecule has 1 aliphatic heterocycles. The van der Waals surface area contributed by atoms with Crippen LogP contribution in [0.15, 0.2) is 42.7 Å². The number of ether oxygens (including phenoxy) is 1. The van der Waals surface area contributed by atoms with Gasteiger partial charge in [0, 0.05) is 25.5 Å². The van der Waals surface area contributed by atoms with Crippen LogP contribution in [0.4, 0.5) is 5.69 Å². The van der Waals surface area contributed by atoms with E-state index in [1.807, 2.05) is 18.2 Å². The number of carbonyl (C=O) groups excluding carboxylic acids is 1. The van der Waals surface area contributed by atoms with E-state index in [0.29, 0.717) is 24.4 Å². The molecule has 0 saturated carbocycles. The van der Waals surface area contributed by atoms with Crippen molar-refractivity contribution in [3.05, 3.63) is 53.9 Å². The summed E-state index contributed by atoms with van der Waals surface area (Å²) in [5.41, 5.74) is 2.46. The molecule has 1 aromatic heterocycles. The first-order valence-electron chi connectivity index (χ1n) is 9.56. The molecule has 0 saturated heterocycles. The number of aliphatic hydroxyl groups is 1. The Balaban J connectivity index is 1.77. The molecule has 1 aliphatic rings. The van der Waals surface area contributed by atoms with Gasteiger partial charge in [-0.3, -0.25) is 9.78 Å². The molecule has 0 spiro atoms. The third-order valence-electron chi connectivity index (χ3n) is 4.57. The van der Waals surface area contributed by atoms with E-state index in [-0.39, 0.29) is 12.5 Å². The minimum Gasteiger partial charge on any atom is -0.489 e. The van der Waals surface area contributed by atoms with Crippen LogP contribution in [0.1, 0.15) is 35.7 Å². The zero-order valence-corrected chi connectivity index (χ0v) is 15.7. The standard InChI is InChI=1S/C21H27N3O3/c1-2-10-22-14-18(25)15-27-19-9-3-6-16-8-5-12-24(20(16)19)21(26)17-7-4-11-23-13-17/h3-4,6-7,9,11,13,18,22,25H,2,5,8,10,12,14-15H2,1H3. The largest absolute Gasteiger partial charge is 0.489 e. The third kappa shape index (κ3) is 4.84. The zero-order valence-electron chi connectivity index (χ0n) is 15.7. The summed E-state index contributed by atoms with van der Waals surface area (Å²) in [5, 5.41) is 13.3. The molecule has 27 heavy (non-hydrogen) atoms. The first kappa shape index (κ1) is 19.3. The summed E-state index contributed by atoms with van der Waals surface area (Å²) in [6.07, 6.45) is 5.48. The van der Waals surface area contributed by atoms with Gasteiger partial charge in [0.05, 0.1) is 11.3 Å². The summed E-state index contributed by atoms with van der Waals surface area (Å²) in [7, 11) is 0. The minimum absolute atomic E-state index is 0.0785. The Labute approximate surface area is 160 Å². The van der Waals surface area contributed by atoms with Crippen molar-refractivity contribution in [3.63, 3.8) is 0 Å². The minimum atomic E-state index is -0.599. The molecular formula is C21H27N3O3. The molecular weight excluding hydrogens is 342 g/mol. The maximum atomic E-state index is 13.0. The van der Waals surface area contributed by atoms with E-state index in [1.54, 1.807) is 29.4 Å². The van der Waals surface area contributed by atoms with Gasteiger partial charge >= 0.3 is 0 Å². The second-order valence-corrected chi connectivity index (χ2v) is 6.73. The number of anilines is 1. The van der Waals surface area contributed by atoms with Crippen LogP contribution in [0.2, 0.25) is 0 Å². The third-order valence-corrected chi connectivity index (χ3v) is 4.57. The van der Waals surface area contributed by atoms with Crippen LogP contribution in [0, 0.1) is 0 Å². The number of benzene rings is 1. The van der Waals surface area contributed by atoms with E-state index >= 15 is 0 Å². The molecule has 1 amide bonds. The van der Waals surface area contributed by atoms with Crippen LogP contribution >= 0.6 is 0 Å². The first-order chi connectivity index (χ1) is 13.2. The van der Waals surface area contributed by atoms with Crippen LogP contribution in [0.25, 0.3) is 0 Å². The number of hydrogen-bond acceptors (Lipinski definition) is 5. The fourth-order valence-electron chi connectivity index (χ4n) is 3.27. The lowest BCUT2D eigenvalue weighted by molar-refractivity contribution is 0.0978. The van der Waals surface area contributed by atoms with Crippen molar-refractivity contribution in [1.82, 2.24) is 10.3 Å². The number of pyridine rings is 1. The van der Waals surface area contributed by atoms with Crippen molar-refractivity contribution >= 4 is 11.6 Å². The predicted molar refractivity (Wildman–Crippen MR) is 105 cm³/mol. The molecule has 3 rings (SSSR count). The second kappa shape index (κ2) is 9.48. The average molecular weight is 369 g/mol. The van der Waals surface area contributed by atoms with Gasteiger partial charge in [-0.05, 0) is 49.6 Å². The van der Waals surface area contributed by atoms with Crippen molar-refractivity contribution < 1.29 is 14.6 Å². The van der Waals surface area contributed by atoms with Gasteiger partial charge in [-0.25, -0.2) is 0 Å². The van der Waals surface area contributed by atoms with Gasteiger partial charge < -0.3 is 20.1 Å². The van der Waals surface area contributed by atoms with Gasteiger partial charge in [-0.2, -0.15) is 0 Å². The summed E-state index contributed by atoms with van der Waals surface area (Å²) in [5.74, 6) is 0.559. The number of hydrogen-bond donors (Lipinski definition) is 2. The Kier molecular flexibility index (Phi) is 6.79. The quantitative estimate of drug-likeness (QED) is 0.699. The molecule has 2 heterocycles. The summed E-state index contributed by atoms with van der Waals surface area (Å²) >= 11 is 0. The lowest BCUT2D eigenvalue weighted by atomic mass is 10.00. The van der Waals surface area contributed by atoms with Gasteiger partial charge in [-0.1, -0.05) is 19.1 Å². The number of aliphatic hydroxyl groups excluding tert-OH is 1. The maximum absolute atomic E-state index is 13.0. The van der Waals surface area contributed by atoms with Crippen molar-refractivity contribution in [2.75, 3.05) is 31.1 Å². The molecule has 0 aliphatic carbocycles. The van der Waals surface area contributed by atoms with Crippen molar-refractivity contribution in [1.29, 1.82) is 0 Å². The van der Waals surface area contributed by atoms with Crippen molar-refractivity contribution in [3.8, 4) is 5.75 Å². The topological polar surface area (TPSA) is 74.7 Å². The highest BCUT2D eigenvalue weighted by atomic mass is 16.5. The number of aromatic nitrogens is 1. The Morgan fingerprint density at radius 3 is 3.04 bits per heavy atom. The van der Waals surface area contributed by atoms with Crippen molar-refractivity contribution in [2.24, 2.45) is 0 Å². The Hall–Kier alpha value is -2.44. The molecule has 0 fully saturated rings. The number of carbonyl (C=O) groups is 1. The summed E-state index contributed by atoms with van der Waals surface area (Å²) in [6, 6.07) is 9.37. The second-order valence-electron chi connectivity index (χ2n) is 6.73. The number of amides is 1. The molecule has 6 nitrogen and oxygen atoms in total. The van der Waals surface area contributed by atoms with Crippen LogP contribution in [0.3, 0.4) is 0 Å². The smallest absolute Gasteiger partial charge is 0.259 e. The molecule has 1 atom stereocenters. The molecule has 1 aromatic carbocycles. The lowest BCUT2D eigenvalue weighted by Gasteiger charge is -2.31. The summed E-state index contributed by atoms with van der Waals surface area (Å²) < 4.78 is 5.91. The van der Waals surface area contributed by atoms with Crippen molar-refractivity contribution in [2.45, 2.75) is 32.3 Å². The highest BCUT2D eigenvalue weighted by Crippen LogP contribution is 2.37. The Bertz CT molecular complexity index is 752. The van der Waals surface area contributed by atoms with E-state index < -0.39 is 6.10 Å². The molecule has 1 unspecified atom stereocenters. The number of rotatable bonds is 8. The number of para-hydroxylation sites is 1. The molecule has 144 valence electrons. The normalized spacial score (nSPS) is 14.5. The van der Waals surface area contributed by atoms with Gasteiger partial charge in [0.25, 0.3) is 5.91 Å². The van der Waals surface area contributed by atoms with Crippen LogP contribution in [0.5, 0.6) is 5.75 Å². The van der Waals surface area contributed by atoms with E-state index in [0.717, 1.165) is 37.1 Å². The number of nitrogens with zero attached hydrogens (tertiary/aromatic N) is 2. The van der Waals surface area contributed by atoms with Gasteiger partial charge in [0.15, 0.2) is 0 Å². The van der Waals surface area contributed by atoms with Crippen LogP contribution < -0.4 is 15.0 Å². The molecule has 2 aromatic rings. The van der Waals surface area contributed by atoms with Gasteiger partial charge in [0.2, 0.25) is 0 Å². The average Bonchev–Trinajstić information content (AvgIpc) is 2.72. The SMILES string of the molecule is CCCNCC(O)COc1cccc2c1N(C(=O)c1cccnc1)CCC2. The predicted octanol–water partition coefficient (Wildman–Crippen LogP) is 2.41. The van der Waals surface area contributed by atoms with E-state index in [1.165, 1.54) is 0 Å². The first-order valence-corrected chi connectivity index (χ1v) is 9.56.